The summed E-state index contributed by atoms with van der Waals surface area (Å²) in [6, 6.07) is 18.3. The standard InChI is InChI=1S/C27H30FN5O2/c1-35-24-8-2-20(3-9-24)25-10-11-26(30-29-25)32-14-12-21(13-15-32)27(34)33-18-16-31(17-19-33)23-6-4-22(28)5-7-23/h2-11,21H,12-19H2,1H3. The maximum absolute atomic E-state index is 13.2. The molecule has 8 heteroatoms. The maximum atomic E-state index is 13.2. The number of carbonyl (C=O) groups is 1. The highest BCUT2D eigenvalue weighted by Gasteiger charge is 2.31. The molecular weight excluding hydrogens is 445 g/mol. The van der Waals surface area contributed by atoms with Crippen LogP contribution in [0.15, 0.2) is 60.7 Å². The van der Waals surface area contributed by atoms with Crippen molar-refractivity contribution in [3.05, 3.63) is 66.5 Å². The van der Waals surface area contributed by atoms with Gasteiger partial charge in [-0.2, -0.15) is 0 Å². The van der Waals surface area contributed by atoms with Crippen LogP contribution in [0.1, 0.15) is 12.8 Å². The Morgan fingerprint density at radius 1 is 0.829 bits per heavy atom. The van der Waals surface area contributed by atoms with E-state index in [0.717, 1.165) is 67.5 Å². The molecule has 0 bridgehead atoms. The zero-order valence-corrected chi connectivity index (χ0v) is 19.9. The topological polar surface area (TPSA) is 61.8 Å². The van der Waals surface area contributed by atoms with Crippen LogP contribution in [-0.2, 0) is 4.79 Å². The van der Waals surface area contributed by atoms with Crippen molar-refractivity contribution in [2.75, 3.05) is 56.2 Å². The third-order valence-corrected chi connectivity index (χ3v) is 6.99. The molecule has 2 aliphatic rings. The van der Waals surface area contributed by atoms with Gasteiger partial charge < -0.3 is 19.4 Å². The van der Waals surface area contributed by atoms with Crippen LogP contribution >= 0.6 is 0 Å². The van der Waals surface area contributed by atoms with E-state index in [0.29, 0.717) is 13.1 Å². The number of aromatic nitrogens is 2. The first-order valence-electron chi connectivity index (χ1n) is 12.1. The molecule has 0 spiro atoms. The number of hydrogen-bond donors (Lipinski definition) is 0. The van der Waals surface area contributed by atoms with E-state index in [4.69, 9.17) is 4.74 Å². The Morgan fingerprint density at radius 2 is 1.51 bits per heavy atom. The van der Waals surface area contributed by atoms with E-state index in [1.807, 2.05) is 41.3 Å². The van der Waals surface area contributed by atoms with Gasteiger partial charge in [0.25, 0.3) is 0 Å². The van der Waals surface area contributed by atoms with Crippen LogP contribution in [-0.4, -0.2) is 67.4 Å². The van der Waals surface area contributed by atoms with Crippen LogP contribution in [0.3, 0.4) is 0 Å². The SMILES string of the molecule is COc1ccc(-c2ccc(N3CCC(C(=O)N4CCN(c5ccc(F)cc5)CC4)CC3)nn2)cc1. The molecule has 2 saturated heterocycles. The number of nitrogens with zero attached hydrogens (tertiary/aromatic N) is 5. The van der Waals surface area contributed by atoms with Crippen molar-refractivity contribution < 1.29 is 13.9 Å². The highest BCUT2D eigenvalue weighted by atomic mass is 19.1. The lowest BCUT2D eigenvalue weighted by Gasteiger charge is -2.39. The molecule has 0 atom stereocenters. The minimum atomic E-state index is -0.229. The summed E-state index contributed by atoms with van der Waals surface area (Å²) in [6.45, 7) is 4.53. The Kier molecular flexibility index (Phi) is 6.79. The predicted octanol–water partition coefficient (Wildman–Crippen LogP) is 3.86. The lowest BCUT2D eigenvalue weighted by Crippen LogP contribution is -2.51. The minimum absolute atomic E-state index is 0.0511. The zero-order valence-electron chi connectivity index (χ0n) is 19.9. The van der Waals surface area contributed by atoms with E-state index in [-0.39, 0.29) is 17.6 Å². The van der Waals surface area contributed by atoms with Crippen molar-refractivity contribution in [3.8, 4) is 17.0 Å². The van der Waals surface area contributed by atoms with E-state index < -0.39 is 0 Å². The second-order valence-electron chi connectivity index (χ2n) is 9.06. The van der Waals surface area contributed by atoms with Gasteiger partial charge in [0.05, 0.1) is 12.8 Å². The van der Waals surface area contributed by atoms with Crippen molar-refractivity contribution in [2.24, 2.45) is 5.92 Å². The van der Waals surface area contributed by atoms with E-state index in [9.17, 15) is 9.18 Å². The Balaban J connectivity index is 1.12. The molecule has 35 heavy (non-hydrogen) atoms. The van der Waals surface area contributed by atoms with Gasteiger partial charge >= 0.3 is 0 Å². The quantitative estimate of drug-likeness (QED) is 0.559. The van der Waals surface area contributed by atoms with Gasteiger partial charge in [-0.05, 0) is 73.5 Å². The number of hydrogen-bond acceptors (Lipinski definition) is 6. The van der Waals surface area contributed by atoms with Gasteiger partial charge in [0.1, 0.15) is 11.6 Å². The van der Waals surface area contributed by atoms with E-state index >= 15 is 0 Å². The summed E-state index contributed by atoms with van der Waals surface area (Å²) in [6.07, 6.45) is 1.64. The fourth-order valence-corrected chi connectivity index (χ4v) is 4.86. The maximum Gasteiger partial charge on any atom is 0.225 e. The molecule has 182 valence electrons. The molecule has 0 aliphatic carbocycles. The molecule has 3 aromatic rings. The van der Waals surface area contributed by atoms with Crippen molar-refractivity contribution in [1.29, 1.82) is 0 Å². The summed E-state index contributed by atoms with van der Waals surface area (Å²) in [5, 5.41) is 8.85. The largest absolute Gasteiger partial charge is 0.497 e. The van der Waals surface area contributed by atoms with Crippen LogP contribution < -0.4 is 14.5 Å². The number of halogens is 1. The third-order valence-electron chi connectivity index (χ3n) is 6.99. The summed E-state index contributed by atoms with van der Waals surface area (Å²) in [4.78, 5) is 19.5. The predicted molar refractivity (Wildman–Crippen MR) is 134 cm³/mol. The molecule has 3 heterocycles. The van der Waals surface area contributed by atoms with Crippen LogP contribution in [0.5, 0.6) is 5.75 Å². The molecule has 1 amide bonds. The normalized spacial score (nSPS) is 16.9. The molecule has 0 N–H and O–H groups in total. The number of piperazine rings is 1. The second kappa shape index (κ2) is 10.3. The molecule has 7 nitrogen and oxygen atoms in total. The number of anilines is 2. The summed E-state index contributed by atoms with van der Waals surface area (Å²) in [7, 11) is 1.65. The van der Waals surface area contributed by atoms with E-state index in [2.05, 4.69) is 20.0 Å². The summed E-state index contributed by atoms with van der Waals surface area (Å²) < 4.78 is 18.4. The molecule has 5 rings (SSSR count). The minimum Gasteiger partial charge on any atom is -0.497 e. The highest BCUT2D eigenvalue weighted by Crippen LogP contribution is 2.26. The van der Waals surface area contributed by atoms with Gasteiger partial charge in [-0.1, -0.05) is 0 Å². The Bertz CT molecular complexity index is 1120. The van der Waals surface area contributed by atoms with Gasteiger partial charge in [-0.3, -0.25) is 4.79 Å². The highest BCUT2D eigenvalue weighted by molar-refractivity contribution is 5.79. The number of piperidine rings is 1. The van der Waals surface area contributed by atoms with Crippen LogP contribution in [0.25, 0.3) is 11.3 Å². The fraction of sp³-hybridized carbons (Fsp3) is 0.370. The smallest absolute Gasteiger partial charge is 0.225 e. The van der Waals surface area contributed by atoms with Crippen molar-refractivity contribution in [1.82, 2.24) is 15.1 Å². The van der Waals surface area contributed by atoms with Crippen LogP contribution in [0, 0.1) is 11.7 Å². The molecule has 0 radical (unpaired) electrons. The third kappa shape index (κ3) is 5.21. The first kappa shape index (κ1) is 23.1. The molecular formula is C27H30FN5O2. The lowest BCUT2D eigenvalue weighted by atomic mass is 9.95. The van der Waals surface area contributed by atoms with Gasteiger partial charge in [-0.25, -0.2) is 4.39 Å². The zero-order chi connectivity index (χ0) is 24.2. The molecule has 0 unspecified atom stereocenters. The molecule has 2 fully saturated rings. The first-order chi connectivity index (χ1) is 17.1. The Morgan fingerprint density at radius 3 is 2.11 bits per heavy atom. The number of carbonyl (C=O) groups excluding carboxylic acids is 1. The number of ether oxygens (including phenoxy) is 1. The summed E-state index contributed by atoms with van der Waals surface area (Å²) in [5.74, 6) is 1.74. The molecule has 2 aromatic carbocycles. The van der Waals surface area contributed by atoms with Gasteiger partial charge in [0, 0.05) is 56.4 Å². The number of amides is 1. The summed E-state index contributed by atoms with van der Waals surface area (Å²) >= 11 is 0. The lowest BCUT2D eigenvalue weighted by molar-refractivity contribution is -0.136. The van der Waals surface area contributed by atoms with Crippen molar-refractivity contribution in [2.45, 2.75) is 12.8 Å². The van der Waals surface area contributed by atoms with Gasteiger partial charge in [0.15, 0.2) is 5.82 Å². The van der Waals surface area contributed by atoms with Gasteiger partial charge in [0.2, 0.25) is 5.91 Å². The molecule has 1 aromatic heterocycles. The van der Waals surface area contributed by atoms with Crippen LogP contribution in [0.4, 0.5) is 15.9 Å². The first-order valence-corrected chi connectivity index (χ1v) is 12.1. The van der Waals surface area contributed by atoms with E-state index in [1.165, 1.54) is 12.1 Å². The summed E-state index contributed by atoms with van der Waals surface area (Å²) in [5.41, 5.74) is 2.82. The molecule has 2 aliphatic heterocycles. The van der Waals surface area contributed by atoms with Crippen LogP contribution in [0.2, 0.25) is 0 Å². The Labute approximate surface area is 205 Å². The number of rotatable bonds is 5. The molecule has 0 saturated carbocycles. The second-order valence-corrected chi connectivity index (χ2v) is 9.06. The average molecular weight is 476 g/mol. The number of methoxy groups -OCH3 is 1. The fourth-order valence-electron chi connectivity index (χ4n) is 4.86. The van der Waals surface area contributed by atoms with Crippen molar-refractivity contribution >= 4 is 17.4 Å². The average Bonchev–Trinajstić information content (AvgIpc) is 2.93. The van der Waals surface area contributed by atoms with Gasteiger partial charge in [-0.15, -0.1) is 10.2 Å². The van der Waals surface area contributed by atoms with E-state index in [1.54, 1.807) is 19.2 Å². The van der Waals surface area contributed by atoms with Crippen molar-refractivity contribution in [3.63, 3.8) is 0 Å². The Hall–Kier alpha value is -3.68. The monoisotopic (exact) mass is 475 g/mol. The number of benzene rings is 2.